The minimum Gasteiger partial charge on any atom is -0.384 e. The van der Waals surface area contributed by atoms with Crippen LogP contribution in [0.3, 0.4) is 0 Å². The van der Waals surface area contributed by atoms with E-state index in [4.69, 9.17) is 5.73 Å². The van der Waals surface area contributed by atoms with Gasteiger partial charge in [0.15, 0.2) is 0 Å². The molecule has 0 aliphatic carbocycles. The third-order valence-corrected chi connectivity index (χ3v) is 3.45. The second kappa shape index (κ2) is 7.26. The van der Waals surface area contributed by atoms with Crippen LogP contribution in [0.25, 0.3) is 0 Å². The molecule has 0 aromatic carbocycles. The number of carbonyl (C=O) groups is 1. The average molecular weight is 267 g/mol. The van der Waals surface area contributed by atoms with Gasteiger partial charge in [-0.1, -0.05) is 13.8 Å². The summed E-state index contributed by atoms with van der Waals surface area (Å²) in [5.41, 5.74) is 7.14. The smallest absolute Gasteiger partial charge is 0.251 e. The number of nitrogens with two attached hydrogens (primary N) is 1. The number of hydrogen-bond donors (Lipinski definition) is 2. The van der Waals surface area contributed by atoms with Gasteiger partial charge in [-0.25, -0.2) is 4.98 Å². The number of aromatic nitrogens is 1. The number of nitrogens with one attached hydrogen (secondary N) is 1. The Morgan fingerprint density at radius 3 is 2.78 bits per heavy atom. The highest BCUT2D eigenvalue weighted by atomic mass is 32.2. The number of nitrogen functional groups attached to an aromatic ring is 1. The van der Waals surface area contributed by atoms with E-state index < -0.39 is 0 Å². The first-order valence-electron chi connectivity index (χ1n) is 6.16. The number of thioether (sulfide) groups is 1. The van der Waals surface area contributed by atoms with Crippen molar-refractivity contribution < 1.29 is 4.79 Å². The zero-order valence-electron chi connectivity index (χ0n) is 11.2. The highest BCUT2D eigenvalue weighted by Crippen LogP contribution is 2.10. The number of anilines is 1. The number of aryl methyl sites for hydroxylation is 1. The molecule has 0 fully saturated rings. The van der Waals surface area contributed by atoms with E-state index in [-0.39, 0.29) is 11.9 Å². The Bertz CT molecular complexity index is 409. The molecule has 0 saturated carbocycles. The Labute approximate surface area is 113 Å². The first kappa shape index (κ1) is 14.8. The van der Waals surface area contributed by atoms with E-state index in [1.807, 2.05) is 13.2 Å². The third-order valence-electron chi connectivity index (χ3n) is 2.72. The van der Waals surface area contributed by atoms with Gasteiger partial charge in [0.1, 0.15) is 5.82 Å². The second-order valence-corrected chi connectivity index (χ2v) is 5.07. The molecule has 0 saturated heterocycles. The van der Waals surface area contributed by atoms with Gasteiger partial charge in [-0.05, 0) is 31.2 Å². The molecule has 5 heteroatoms. The maximum atomic E-state index is 12.1. The van der Waals surface area contributed by atoms with Crippen molar-refractivity contribution in [1.29, 1.82) is 0 Å². The molecule has 4 nitrogen and oxygen atoms in total. The molecule has 1 aromatic rings. The fourth-order valence-electron chi connectivity index (χ4n) is 1.65. The summed E-state index contributed by atoms with van der Waals surface area (Å²) in [5.74, 6) is 1.25. The summed E-state index contributed by atoms with van der Waals surface area (Å²) in [6.45, 7) is 4.06. The van der Waals surface area contributed by atoms with Crippen LogP contribution >= 0.6 is 11.8 Å². The zero-order valence-corrected chi connectivity index (χ0v) is 12.0. The van der Waals surface area contributed by atoms with Crippen LogP contribution in [-0.2, 0) is 6.42 Å². The van der Waals surface area contributed by atoms with Gasteiger partial charge in [-0.3, -0.25) is 4.79 Å². The fourth-order valence-corrected chi connectivity index (χ4v) is 2.38. The van der Waals surface area contributed by atoms with Crippen molar-refractivity contribution in [3.8, 4) is 0 Å². The van der Waals surface area contributed by atoms with Gasteiger partial charge in [0, 0.05) is 23.1 Å². The van der Waals surface area contributed by atoms with Crippen LogP contribution in [0.5, 0.6) is 0 Å². The number of nitrogens with zero attached hydrogens (tertiary/aromatic N) is 1. The SMILES string of the molecule is CCc1cc(C(=O)NC(CC)CSC)cc(N)n1. The lowest BCUT2D eigenvalue weighted by Gasteiger charge is -2.16. The molecule has 0 radical (unpaired) electrons. The van der Waals surface area contributed by atoms with Crippen molar-refractivity contribution in [3.63, 3.8) is 0 Å². The summed E-state index contributed by atoms with van der Waals surface area (Å²) < 4.78 is 0. The predicted molar refractivity (Wildman–Crippen MR) is 78.0 cm³/mol. The molecule has 0 aliphatic rings. The molecule has 1 amide bonds. The van der Waals surface area contributed by atoms with E-state index in [2.05, 4.69) is 17.2 Å². The summed E-state index contributed by atoms with van der Waals surface area (Å²) in [4.78, 5) is 16.3. The number of pyridine rings is 1. The predicted octanol–water partition coefficient (Wildman–Crippen LogP) is 2.10. The molecule has 3 N–H and O–H groups in total. The van der Waals surface area contributed by atoms with Crippen molar-refractivity contribution in [1.82, 2.24) is 10.3 Å². The van der Waals surface area contributed by atoms with Crippen LogP contribution in [0.15, 0.2) is 12.1 Å². The summed E-state index contributed by atoms with van der Waals surface area (Å²) >= 11 is 1.73. The normalized spacial score (nSPS) is 12.2. The van der Waals surface area contributed by atoms with E-state index >= 15 is 0 Å². The molecule has 0 aliphatic heterocycles. The van der Waals surface area contributed by atoms with Gasteiger partial charge in [-0.2, -0.15) is 11.8 Å². The topological polar surface area (TPSA) is 68.0 Å². The average Bonchev–Trinajstić information content (AvgIpc) is 2.37. The zero-order chi connectivity index (χ0) is 13.5. The summed E-state index contributed by atoms with van der Waals surface area (Å²) in [5, 5.41) is 3.02. The highest BCUT2D eigenvalue weighted by Gasteiger charge is 2.13. The number of rotatable bonds is 6. The molecule has 1 aromatic heterocycles. The van der Waals surface area contributed by atoms with Gasteiger partial charge < -0.3 is 11.1 Å². The van der Waals surface area contributed by atoms with Gasteiger partial charge in [0.25, 0.3) is 5.91 Å². The fraction of sp³-hybridized carbons (Fsp3) is 0.538. The lowest BCUT2D eigenvalue weighted by molar-refractivity contribution is 0.0940. The van der Waals surface area contributed by atoms with E-state index in [0.717, 1.165) is 24.3 Å². The molecule has 0 spiro atoms. The monoisotopic (exact) mass is 267 g/mol. The van der Waals surface area contributed by atoms with E-state index in [0.29, 0.717) is 11.4 Å². The summed E-state index contributed by atoms with van der Waals surface area (Å²) in [6.07, 6.45) is 3.73. The molecular weight excluding hydrogens is 246 g/mol. The summed E-state index contributed by atoms with van der Waals surface area (Å²) in [6, 6.07) is 3.63. The Balaban J connectivity index is 2.79. The van der Waals surface area contributed by atoms with Gasteiger partial charge in [-0.15, -0.1) is 0 Å². The molecule has 1 rings (SSSR count). The minimum atomic E-state index is -0.0697. The minimum absolute atomic E-state index is 0.0697. The van der Waals surface area contributed by atoms with Crippen LogP contribution in [0.4, 0.5) is 5.82 Å². The Hall–Kier alpha value is -1.23. The maximum Gasteiger partial charge on any atom is 0.251 e. The molecule has 100 valence electrons. The first-order chi connectivity index (χ1) is 8.60. The van der Waals surface area contributed by atoms with E-state index in [9.17, 15) is 4.79 Å². The van der Waals surface area contributed by atoms with Crippen molar-refractivity contribution >= 4 is 23.5 Å². The lowest BCUT2D eigenvalue weighted by Crippen LogP contribution is -2.36. The molecular formula is C13H21N3OS. The number of amides is 1. The summed E-state index contributed by atoms with van der Waals surface area (Å²) in [7, 11) is 0. The van der Waals surface area contributed by atoms with Gasteiger partial charge in [0.2, 0.25) is 0 Å². The molecule has 18 heavy (non-hydrogen) atoms. The Morgan fingerprint density at radius 2 is 2.22 bits per heavy atom. The molecule has 1 heterocycles. The van der Waals surface area contributed by atoms with Crippen LogP contribution in [0.2, 0.25) is 0 Å². The van der Waals surface area contributed by atoms with Crippen LogP contribution < -0.4 is 11.1 Å². The van der Waals surface area contributed by atoms with Gasteiger partial charge in [0.05, 0.1) is 0 Å². The molecule has 0 bridgehead atoms. The van der Waals surface area contributed by atoms with Crippen LogP contribution in [0.1, 0.15) is 36.3 Å². The quantitative estimate of drug-likeness (QED) is 0.828. The standard InChI is InChI=1S/C13H21N3OS/c1-4-10-6-9(7-12(14)15-10)13(17)16-11(5-2)8-18-3/h6-7,11H,4-5,8H2,1-3H3,(H2,14,15)(H,16,17). The molecule has 1 atom stereocenters. The Kier molecular flexibility index (Phi) is 5.98. The van der Waals surface area contributed by atoms with Crippen molar-refractivity contribution in [2.24, 2.45) is 0 Å². The van der Waals surface area contributed by atoms with Crippen molar-refractivity contribution in [2.45, 2.75) is 32.7 Å². The molecule has 1 unspecified atom stereocenters. The highest BCUT2D eigenvalue weighted by molar-refractivity contribution is 7.98. The third kappa shape index (κ3) is 4.22. The van der Waals surface area contributed by atoms with Crippen LogP contribution in [0, 0.1) is 0 Å². The Morgan fingerprint density at radius 1 is 1.50 bits per heavy atom. The first-order valence-corrected chi connectivity index (χ1v) is 7.56. The van der Waals surface area contributed by atoms with Crippen molar-refractivity contribution in [3.05, 3.63) is 23.4 Å². The lowest BCUT2D eigenvalue weighted by atomic mass is 10.1. The van der Waals surface area contributed by atoms with Crippen molar-refractivity contribution in [2.75, 3.05) is 17.7 Å². The number of hydrogen-bond acceptors (Lipinski definition) is 4. The van der Waals surface area contributed by atoms with E-state index in [1.54, 1.807) is 23.9 Å². The maximum absolute atomic E-state index is 12.1. The van der Waals surface area contributed by atoms with Crippen LogP contribution in [-0.4, -0.2) is 28.9 Å². The van der Waals surface area contributed by atoms with E-state index in [1.165, 1.54) is 0 Å². The second-order valence-electron chi connectivity index (χ2n) is 4.16. The number of carbonyl (C=O) groups excluding carboxylic acids is 1. The largest absolute Gasteiger partial charge is 0.384 e. The van der Waals surface area contributed by atoms with Gasteiger partial charge >= 0.3 is 0 Å².